The lowest BCUT2D eigenvalue weighted by atomic mass is 10.1. The second-order valence-electron chi connectivity index (χ2n) is 3.77. The summed E-state index contributed by atoms with van der Waals surface area (Å²) in [5.74, 6) is 0.657. The van der Waals surface area contributed by atoms with Crippen molar-refractivity contribution in [1.82, 2.24) is 0 Å². The maximum atomic E-state index is 13.4. The van der Waals surface area contributed by atoms with Crippen LogP contribution in [0.1, 0.15) is 24.1 Å². The van der Waals surface area contributed by atoms with Crippen LogP contribution < -0.4 is 5.73 Å². The van der Waals surface area contributed by atoms with Crippen molar-refractivity contribution in [1.29, 1.82) is 0 Å². The molecule has 2 N–H and O–H groups in total. The Kier molecular flexibility index (Phi) is 5.25. The second-order valence-corrected chi connectivity index (χ2v) is 4.91. The molecule has 0 aromatic heterocycles. The van der Waals surface area contributed by atoms with Crippen molar-refractivity contribution in [3.8, 4) is 0 Å². The Hall–Kier alpha value is -0.580. The fourth-order valence-corrected chi connectivity index (χ4v) is 2.53. The number of thioether (sulfide) groups is 1. The monoisotopic (exact) mass is 243 g/mol. The van der Waals surface area contributed by atoms with Crippen LogP contribution in [-0.4, -0.2) is 19.5 Å². The van der Waals surface area contributed by atoms with Gasteiger partial charge in [-0.25, -0.2) is 4.39 Å². The summed E-state index contributed by atoms with van der Waals surface area (Å²) in [7, 11) is 1.67. The topological polar surface area (TPSA) is 35.2 Å². The summed E-state index contributed by atoms with van der Waals surface area (Å²) >= 11 is 1.65. The third-order valence-corrected chi connectivity index (χ3v) is 3.36. The van der Waals surface area contributed by atoms with Crippen LogP contribution in [0.5, 0.6) is 0 Å². The van der Waals surface area contributed by atoms with Crippen molar-refractivity contribution < 1.29 is 9.13 Å². The molecule has 0 aliphatic heterocycles. The van der Waals surface area contributed by atoms with E-state index in [0.717, 1.165) is 16.2 Å². The molecule has 0 aliphatic carbocycles. The Bertz CT molecular complexity index is 355. The normalized spacial score (nSPS) is 12.8. The van der Waals surface area contributed by atoms with Crippen LogP contribution in [0.25, 0.3) is 0 Å². The standard InChI is InChI=1S/C12H18FNOS/c1-8-6-12(16-5-4-15-3)10(9(2)14)7-11(8)13/h6-7,9H,4-5,14H2,1-3H3/t9-/m1/s1. The summed E-state index contributed by atoms with van der Waals surface area (Å²) in [6.07, 6.45) is 0. The van der Waals surface area contributed by atoms with E-state index in [9.17, 15) is 4.39 Å². The molecular formula is C12H18FNOS. The number of nitrogens with two attached hydrogens (primary N) is 1. The molecular weight excluding hydrogens is 225 g/mol. The first-order chi connectivity index (χ1) is 7.56. The number of rotatable bonds is 5. The highest BCUT2D eigenvalue weighted by Crippen LogP contribution is 2.29. The molecule has 0 spiro atoms. The Morgan fingerprint density at radius 3 is 2.75 bits per heavy atom. The zero-order chi connectivity index (χ0) is 12.1. The van der Waals surface area contributed by atoms with Crippen LogP contribution in [0, 0.1) is 12.7 Å². The Morgan fingerprint density at radius 1 is 1.50 bits per heavy atom. The van der Waals surface area contributed by atoms with Gasteiger partial charge in [-0.15, -0.1) is 11.8 Å². The highest BCUT2D eigenvalue weighted by molar-refractivity contribution is 7.99. The summed E-state index contributed by atoms with van der Waals surface area (Å²) in [6.45, 7) is 4.31. The predicted octanol–water partition coefficient (Wildman–Crippen LogP) is 2.89. The molecule has 1 rings (SSSR count). The minimum Gasteiger partial charge on any atom is -0.384 e. The van der Waals surface area contributed by atoms with E-state index in [0.29, 0.717) is 12.2 Å². The fraction of sp³-hybridized carbons (Fsp3) is 0.500. The zero-order valence-corrected chi connectivity index (χ0v) is 10.7. The molecule has 16 heavy (non-hydrogen) atoms. The van der Waals surface area contributed by atoms with Crippen molar-refractivity contribution in [2.24, 2.45) is 5.73 Å². The molecule has 0 unspecified atom stereocenters. The van der Waals surface area contributed by atoms with Gasteiger partial charge in [-0.2, -0.15) is 0 Å². The van der Waals surface area contributed by atoms with E-state index >= 15 is 0 Å². The van der Waals surface area contributed by atoms with E-state index in [2.05, 4.69) is 0 Å². The van der Waals surface area contributed by atoms with E-state index in [-0.39, 0.29) is 11.9 Å². The van der Waals surface area contributed by atoms with Gasteiger partial charge in [0.15, 0.2) is 0 Å². The van der Waals surface area contributed by atoms with Gasteiger partial charge in [-0.1, -0.05) is 0 Å². The molecule has 0 radical (unpaired) electrons. The average Bonchev–Trinajstić information content (AvgIpc) is 2.23. The molecule has 0 bridgehead atoms. The number of hydrogen-bond acceptors (Lipinski definition) is 3. The Balaban J connectivity index is 2.91. The van der Waals surface area contributed by atoms with Gasteiger partial charge in [0.1, 0.15) is 5.82 Å². The van der Waals surface area contributed by atoms with Crippen molar-refractivity contribution in [3.63, 3.8) is 0 Å². The van der Waals surface area contributed by atoms with Crippen molar-refractivity contribution in [2.45, 2.75) is 24.8 Å². The lowest BCUT2D eigenvalue weighted by molar-refractivity contribution is 0.218. The van der Waals surface area contributed by atoms with Crippen molar-refractivity contribution in [2.75, 3.05) is 19.5 Å². The largest absolute Gasteiger partial charge is 0.384 e. The lowest BCUT2D eigenvalue weighted by Crippen LogP contribution is -2.08. The molecule has 0 saturated heterocycles. The summed E-state index contributed by atoms with van der Waals surface area (Å²) in [5, 5.41) is 0. The van der Waals surface area contributed by atoms with Gasteiger partial charge in [-0.3, -0.25) is 0 Å². The van der Waals surface area contributed by atoms with E-state index in [1.165, 1.54) is 6.07 Å². The molecule has 90 valence electrons. The number of ether oxygens (including phenoxy) is 1. The van der Waals surface area contributed by atoms with E-state index in [1.807, 2.05) is 13.0 Å². The van der Waals surface area contributed by atoms with Crippen LogP contribution in [0.3, 0.4) is 0 Å². The highest BCUT2D eigenvalue weighted by atomic mass is 32.2. The number of aryl methyl sites for hydroxylation is 1. The molecule has 0 heterocycles. The fourth-order valence-electron chi connectivity index (χ4n) is 1.39. The summed E-state index contributed by atoms with van der Waals surface area (Å²) in [6, 6.07) is 3.24. The highest BCUT2D eigenvalue weighted by Gasteiger charge is 2.11. The van der Waals surface area contributed by atoms with E-state index in [1.54, 1.807) is 25.8 Å². The number of methoxy groups -OCH3 is 1. The minimum atomic E-state index is -0.191. The zero-order valence-electron chi connectivity index (χ0n) is 9.92. The van der Waals surface area contributed by atoms with Crippen molar-refractivity contribution in [3.05, 3.63) is 29.1 Å². The first-order valence-electron chi connectivity index (χ1n) is 5.23. The van der Waals surface area contributed by atoms with E-state index in [4.69, 9.17) is 10.5 Å². The van der Waals surface area contributed by atoms with Gasteiger partial charge in [0.05, 0.1) is 6.61 Å². The number of benzene rings is 1. The van der Waals surface area contributed by atoms with Gasteiger partial charge >= 0.3 is 0 Å². The average molecular weight is 243 g/mol. The lowest BCUT2D eigenvalue weighted by Gasteiger charge is -2.13. The Morgan fingerprint density at radius 2 is 2.19 bits per heavy atom. The van der Waals surface area contributed by atoms with E-state index < -0.39 is 0 Å². The van der Waals surface area contributed by atoms with Gasteiger partial charge in [0.25, 0.3) is 0 Å². The Labute approximate surface area is 100 Å². The molecule has 1 aromatic carbocycles. The molecule has 1 aromatic rings. The maximum Gasteiger partial charge on any atom is 0.126 e. The number of hydrogen-bond donors (Lipinski definition) is 1. The third kappa shape index (κ3) is 3.47. The minimum absolute atomic E-state index is 0.153. The summed E-state index contributed by atoms with van der Waals surface area (Å²) in [5.41, 5.74) is 7.35. The molecule has 0 aliphatic rings. The van der Waals surface area contributed by atoms with Crippen LogP contribution in [0.2, 0.25) is 0 Å². The second kappa shape index (κ2) is 6.23. The quantitative estimate of drug-likeness (QED) is 0.638. The third-order valence-electron chi connectivity index (χ3n) is 2.33. The van der Waals surface area contributed by atoms with Gasteiger partial charge in [0.2, 0.25) is 0 Å². The molecule has 4 heteroatoms. The first-order valence-corrected chi connectivity index (χ1v) is 6.22. The van der Waals surface area contributed by atoms with Crippen LogP contribution in [0.15, 0.2) is 17.0 Å². The number of halogens is 1. The summed E-state index contributed by atoms with van der Waals surface area (Å²) in [4.78, 5) is 1.05. The SMILES string of the molecule is COCCSc1cc(C)c(F)cc1[C@@H](C)N. The van der Waals surface area contributed by atoms with Crippen LogP contribution in [0.4, 0.5) is 4.39 Å². The molecule has 0 saturated carbocycles. The van der Waals surface area contributed by atoms with Crippen LogP contribution in [-0.2, 0) is 4.74 Å². The smallest absolute Gasteiger partial charge is 0.126 e. The molecule has 2 nitrogen and oxygen atoms in total. The maximum absolute atomic E-state index is 13.4. The molecule has 0 amide bonds. The first kappa shape index (κ1) is 13.5. The molecule has 1 atom stereocenters. The van der Waals surface area contributed by atoms with Gasteiger partial charge in [0, 0.05) is 23.8 Å². The predicted molar refractivity (Wildman–Crippen MR) is 66.3 cm³/mol. The van der Waals surface area contributed by atoms with Crippen LogP contribution >= 0.6 is 11.8 Å². The summed E-state index contributed by atoms with van der Waals surface area (Å²) < 4.78 is 18.4. The molecule has 0 fully saturated rings. The van der Waals surface area contributed by atoms with Gasteiger partial charge in [-0.05, 0) is 37.1 Å². The van der Waals surface area contributed by atoms with Crippen molar-refractivity contribution >= 4 is 11.8 Å². The van der Waals surface area contributed by atoms with Gasteiger partial charge < -0.3 is 10.5 Å².